The van der Waals surface area contributed by atoms with Crippen molar-refractivity contribution in [3.8, 4) is 5.75 Å². The van der Waals surface area contributed by atoms with Gasteiger partial charge in [-0.15, -0.1) is 0 Å². The van der Waals surface area contributed by atoms with E-state index in [4.69, 9.17) is 4.74 Å². The number of nitrogens with one attached hydrogen (secondary N) is 1. The van der Waals surface area contributed by atoms with E-state index in [2.05, 4.69) is 5.32 Å². The number of rotatable bonds is 4. The fourth-order valence-electron chi connectivity index (χ4n) is 2.01. The number of phenols is 1. The number of methoxy groups -OCH3 is 1. The van der Waals surface area contributed by atoms with Gasteiger partial charge in [0.15, 0.2) is 6.10 Å². The van der Waals surface area contributed by atoms with Crippen molar-refractivity contribution in [2.45, 2.75) is 13.0 Å². The maximum Gasteiger partial charge on any atom is 0.258 e. The van der Waals surface area contributed by atoms with E-state index in [0.29, 0.717) is 5.69 Å². The van der Waals surface area contributed by atoms with Crippen molar-refractivity contribution in [1.82, 2.24) is 0 Å². The summed E-state index contributed by atoms with van der Waals surface area (Å²) in [5.41, 5.74) is 2.25. The first kappa shape index (κ1) is 14.1. The smallest absolute Gasteiger partial charge is 0.258 e. The largest absolute Gasteiger partial charge is 0.508 e. The number of carbonyl (C=O) groups excluding carboxylic acids is 1. The van der Waals surface area contributed by atoms with E-state index in [1.807, 2.05) is 37.3 Å². The van der Waals surface area contributed by atoms with Crippen molar-refractivity contribution >= 4 is 11.6 Å². The van der Waals surface area contributed by atoms with Crippen molar-refractivity contribution in [3.05, 3.63) is 59.7 Å². The summed E-state index contributed by atoms with van der Waals surface area (Å²) in [6.45, 7) is 1.82. The lowest BCUT2D eigenvalue weighted by Crippen LogP contribution is -2.22. The average Bonchev–Trinajstić information content (AvgIpc) is 2.44. The van der Waals surface area contributed by atoms with Crippen LogP contribution in [-0.4, -0.2) is 18.1 Å². The molecule has 0 heterocycles. The molecule has 0 fully saturated rings. The van der Waals surface area contributed by atoms with E-state index in [-0.39, 0.29) is 11.7 Å². The van der Waals surface area contributed by atoms with Crippen LogP contribution < -0.4 is 5.32 Å². The third-order valence-electron chi connectivity index (χ3n) is 3.04. The summed E-state index contributed by atoms with van der Waals surface area (Å²) in [5.74, 6) is -0.0701. The molecular weight excluding hydrogens is 254 g/mol. The molecule has 104 valence electrons. The van der Waals surface area contributed by atoms with Gasteiger partial charge in [-0.25, -0.2) is 0 Å². The minimum atomic E-state index is -0.663. The SMILES string of the molecule is COC(C(=O)Nc1ccc(O)cc1C)c1ccccc1. The monoisotopic (exact) mass is 271 g/mol. The fourth-order valence-corrected chi connectivity index (χ4v) is 2.01. The highest BCUT2D eigenvalue weighted by Crippen LogP contribution is 2.23. The first-order valence-electron chi connectivity index (χ1n) is 6.30. The number of phenolic OH excluding ortho intramolecular Hbond substituents is 1. The Balaban J connectivity index is 2.18. The van der Waals surface area contributed by atoms with Crippen molar-refractivity contribution < 1.29 is 14.6 Å². The van der Waals surface area contributed by atoms with Crippen molar-refractivity contribution in [2.75, 3.05) is 12.4 Å². The van der Waals surface area contributed by atoms with Crippen LogP contribution in [0.2, 0.25) is 0 Å². The van der Waals surface area contributed by atoms with Crippen LogP contribution in [-0.2, 0) is 9.53 Å². The molecule has 1 unspecified atom stereocenters. The Hall–Kier alpha value is -2.33. The summed E-state index contributed by atoms with van der Waals surface area (Å²) in [6, 6.07) is 14.1. The number of benzene rings is 2. The molecule has 2 rings (SSSR count). The van der Waals surface area contributed by atoms with Crippen LogP contribution in [0, 0.1) is 6.92 Å². The maximum absolute atomic E-state index is 12.3. The van der Waals surface area contributed by atoms with E-state index >= 15 is 0 Å². The topological polar surface area (TPSA) is 58.6 Å². The summed E-state index contributed by atoms with van der Waals surface area (Å²) in [7, 11) is 1.50. The van der Waals surface area contributed by atoms with E-state index in [1.54, 1.807) is 12.1 Å². The van der Waals surface area contributed by atoms with Crippen LogP contribution in [0.25, 0.3) is 0 Å². The van der Waals surface area contributed by atoms with Crippen LogP contribution in [0.15, 0.2) is 48.5 Å². The minimum Gasteiger partial charge on any atom is -0.508 e. The molecule has 1 atom stereocenters. The van der Waals surface area contributed by atoms with Crippen molar-refractivity contribution in [1.29, 1.82) is 0 Å². The van der Waals surface area contributed by atoms with Crippen molar-refractivity contribution in [3.63, 3.8) is 0 Å². The Kier molecular flexibility index (Phi) is 4.38. The standard InChI is InChI=1S/C16H17NO3/c1-11-10-13(18)8-9-14(11)17-16(19)15(20-2)12-6-4-3-5-7-12/h3-10,15,18H,1-2H3,(H,17,19). The first-order valence-corrected chi connectivity index (χ1v) is 6.30. The number of anilines is 1. The minimum absolute atomic E-state index is 0.173. The second-order valence-electron chi connectivity index (χ2n) is 4.51. The summed E-state index contributed by atoms with van der Waals surface area (Å²) >= 11 is 0. The number of aromatic hydroxyl groups is 1. The van der Waals surface area contributed by atoms with Crippen molar-refractivity contribution in [2.24, 2.45) is 0 Å². The molecule has 0 saturated carbocycles. The highest BCUT2D eigenvalue weighted by atomic mass is 16.5. The summed E-state index contributed by atoms with van der Waals surface area (Å²) in [5, 5.41) is 12.2. The van der Waals surface area contributed by atoms with E-state index in [0.717, 1.165) is 11.1 Å². The van der Waals surface area contributed by atoms with E-state index in [9.17, 15) is 9.90 Å². The van der Waals surface area contributed by atoms with Crippen LogP contribution in [0.1, 0.15) is 17.2 Å². The Bertz CT molecular complexity index is 596. The number of ether oxygens (including phenoxy) is 1. The molecule has 0 aliphatic rings. The van der Waals surface area contributed by atoms with Gasteiger partial charge in [-0.1, -0.05) is 30.3 Å². The normalized spacial score (nSPS) is 11.9. The molecular formula is C16H17NO3. The van der Waals surface area contributed by atoms with Gasteiger partial charge >= 0.3 is 0 Å². The molecule has 0 aromatic heterocycles. The Morgan fingerprint density at radius 1 is 1.20 bits per heavy atom. The molecule has 2 N–H and O–H groups in total. The predicted molar refractivity (Wildman–Crippen MR) is 77.7 cm³/mol. The molecule has 2 aromatic rings. The van der Waals surface area contributed by atoms with Gasteiger partial charge in [0, 0.05) is 12.8 Å². The molecule has 0 saturated heterocycles. The lowest BCUT2D eigenvalue weighted by Gasteiger charge is -2.16. The average molecular weight is 271 g/mol. The maximum atomic E-state index is 12.3. The number of hydrogen-bond donors (Lipinski definition) is 2. The fraction of sp³-hybridized carbons (Fsp3) is 0.188. The van der Waals surface area contributed by atoms with Crippen LogP contribution in [0.5, 0.6) is 5.75 Å². The third kappa shape index (κ3) is 3.16. The van der Waals surface area contributed by atoms with Gasteiger partial charge in [0.05, 0.1) is 0 Å². The molecule has 0 spiro atoms. The quantitative estimate of drug-likeness (QED) is 0.840. The number of hydrogen-bond acceptors (Lipinski definition) is 3. The zero-order valence-corrected chi connectivity index (χ0v) is 11.5. The predicted octanol–water partition coefficient (Wildman–Crippen LogP) is 3.03. The Morgan fingerprint density at radius 2 is 1.90 bits per heavy atom. The van der Waals surface area contributed by atoms with Gasteiger partial charge in [0.1, 0.15) is 5.75 Å². The van der Waals surface area contributed by atoms with Crippen LogP contribution in [0.3, 0.4) is 0 Å². The van der Waals surface area contributed by atoms with Crippen LogP contribution >= 0.6 is 0 Å². The zero-order valence-electron chi connectivity index (χ0n) is 11.5. The number of carbonyl (C=O) groups is 1. The van der Waals surface area contributed by atoms with Gasteiger partial charge in [0.2, 0.25) is 0 Å². The molecule has 4 nitrogen and oxygen atoms in total. The second-order valence-corrected chi connectivity index (χ2v) is 4.51. The molecule has 0 aliphatic carbocycles. The lowest BCUT2D eigenvalue weighted by atomic mass is 10.1. The second kappa shape index (κ2) is 6.21. The van der Waals surface area contributed by atoms with Gasteiger partial charge in [-0.3, -0.25) is 4.79 Å². The molecule has 0 radical (unpaired) electrons. The third-order valence-corrected chi connectivity index (χ3v) is 3.04. The highest BCUT2D eigenvalue weighted by Gasteiger charge is 2.20. The molecule has 20 heavy (non-hydrogen) atoms. The first-order chi connectivity index (χ1) is 9.61. The molecule has 4 heteroatoms. The lowest BCUT2D eigenvalue weighted by molar-refractivity contribution is -0.126. The van der Waals surface area contributed by atoms with E-state index in [1.165, 1.54) is 13.2 Å². The molecule has 1 amide bonds. The number of aryl methyl sites for hydroxylation is 1. The summed E-state index contributed by atoms with van der Waals surface area (Å²) in [4.78, 5) is 12.3. The van der Waals surface area contributed by atoms with Gasteiger partial charge in [-0.05, 0) is 36.2 Å². The highest BCUT2D eigenvalue weighted by molar-refractivity contribution is 5.95. The molecule has 0 bridgehead atoms. The van der Waals surface area contributed by atoms with Gasteiger partial charge < -0.3 is 15.2 Å². The summed E-state index contributed by atoms with van der Waals surface area (Å²) < 4.78 is 5.27. The van der Waals surface area contributed by atoms with Gasteiger partial charge in [0.25, 0.3) is 5.91 Å². The zero-order chi connectivity index (χ0) is 14.5. The Labute approximate surface area is 118 Å². The van der Waals surface area contributed by atoms with Crippen LogP contribution in [0.4, 0.5) is 5.69 Å². The number of amides is 1. The molecule has 0 aliphatic heterocycles. The molecule has 2 aromatic carbocycles. The van der Waals surface area contributed by atoms with Gasteiger partial charge in [-0.2, -0.15) is 0 Å². The van der Waals surface area contributed by atoms with E-state index < -0.39 is 6.10 Å². The summed E-state index contributed by atoms with van der Waals surface area (Å²) in [6.07, 6.45) is -0.663. The Morgan fingerprint density at radius 3 is 2.50 bits per heavy atom.